The van der Waals surface area contributed by atoms with E-state index in [1.807, 2.05) is 66.9 Å². The van der Waals surface area contributed by atoms with Gasteiger partial charge in [0.1, 0.15) is 23.3 Å². The van der Waals surface area contributed by atoms with Gasteiger partial charge < -0.3 is 55.7 Å². The number of nitrogens with zero attached hydrogens (tertiary/aromatic N) is 2. The van der Waals surface area contributed by atoms with Crippen LogP contribution in [0.15, 0.2) is 147 Å². The largest absolute Gasteiger partial charge is 0.773 e. The summed E-state index contributed by atoms with van der Waals surface area (Å²) in [6, 6.07) is 26.4. The van der Waals surface area contributed by atoms with Crippen LogP contribution in [0.5, 0.6) is 0 Å². The van der Waals surface area contributed by atoms with Crippen LogP contribution in [0.4, 0.5) is 17.1 Å². The third-order valence-corrected chi connectivity index (χ3v) is 8.31. The van der Waals surface area contributed by atoms with Gasteiger partial charge >= 0.3 is 0 Å². The molecule has 4 aromatic rings. The van der Waals surface area contributed by atoms with Crippen LogP contribution in [0, 0.1) is 6.92 Å². The minimum atomic E-state index is -1.86. The van der Waals surface area contributed by atoms with Crippen LogP contribution in [0.1, 0.15) is 21.6 Å². The third-order valence-electron chi connectivity index (χ3n) is 6.21. The lowest BCUT2D eigenvalue weighted by atomic mass is 10.1. The number of para-hydroxylation sites is 2. The van der Waals surface area contributed by atoms with E-state index in [-0.39, 0.29) is 23.3 Å². The molecule has 0 aliphatic rings. The lowest BCUT2D eigenvalue weighted by molar-refractivity contribution is 0.543. The molecule has 16 heteroatoms. The summed E-state index contributed by atoms with van der Waals surface area (Å²) in [5.74, 6) is 1.84. The van der Waals surface area contributed by atoms with Crippen molar-refractivity contribution in [3.8, 4) is 0 Å². The van der Waals surface area contributed by atoms with Gasteiger partial charge in [-0.25, -0.2) is 9.98 Å². The Morgan fingerprint density at radius 2 is 1.31 bits per heavy atom. The van der Waals surface area contributed by atoms with Crippen LogP contribution in [0.2, 0.25) is 0 Å². The molecule has 270 valence electrons. The Morgan fingerprint density at radius 3 is 1.76 bits per heavy atom. The van der Waals surface area contributed by atoms with E-state index in [1.54, 1.807) is 59.5 Å². The molecule has 4 rings (SSSR count). The molecule has 13 nitrogen and oxygen atoms in total. The average molecular weight is 747 g/mol. The van der Waals surface area contributed by atoms with Gasteiger partial charge in [-0.3, -0.25) is 4.21 Å². The topological polar surface area (TPSA) is 285 Å². The van der Waals surface area contributed by atoms with E-state index in [0.717, 1.165) is 22.6 Å². The molecule has 0 radical (unpaired) electrons. The molecular formula is C35H44N11O2S3-. The number of thioether (sulfide) groups is 1. The summed E-state index contributed by atoms with van der Waals surface area (Å²) in [6.45, 7) is 2.02. The van der Waals surface area contributed by atoms with Gasteiger partial charge in [0.2, 0.25) is 0 Å². The first-order chi connectivity index (χ1) is 24.3. The summed E-state index contributed by atoms with van der Waals surface area (Å²) < 4.78 is 18.0. The highest BCUT2D eigenvalue weighted by atomic mass is 32.2. The Balaban J connectivity index is 0.000000320. The zero-order chi connectivity index (χ0) is 37.8. The molecule has 0 amide bonds. The van der Waals surface area contributed by atoms with Crippen molar-refractivity contribution < 1.29 is 8.76 Å². The number of amidine groups is 2. The van der Waals surface area contributed by atoms with Gasteiger partial charge in [-0.15, -0.1) is 23.1 Å². The van der Waals surface area contributed by atoms with Crippen molar-refractivity contribution in [2.45, 2.75) is 12.7 Å². The molecule has 0 spiro atoms. The molecular weight excluding hydrogens is 703 g/mol. The maximum absolute atomic E-state index is 9.00. The van der Waals surface area contributed by atoms with Gasteiger partial charge in [0.05, 0.1) is 5.70 Å². The Bertz CT molecular complexity index is 1900. The van der Waals surface area contributed by atoms with E-state index < -0.39 is 11.1 Å². The molecule has 0 saturated carbocycles. The fraction of sp³-hybridized carbons (Fsp3) is 0.0857. The van der Waals surface area contributed by atoms with Crippen molar-refractivity contribution >= 4 is 62.9 Å². The first kappa shape index (κ1) is 41.5. The lowest BCUT2D eigenvalue weighted by Gasteiger charge is -2.08. The van der Waals surface area contributed by atoms with Gasteiger partial charge in [0.25, 0.3) is 0 Å². The summed E-state index contributed by atoms with van der Waals surface area (Å²) >= 11 is 1.43. The van der Waals surface area contributed by atoms with Crippen molar-refractivity contribution in [3.63, 3.8) is 0 Å². The molecule has 3 aromatic carbocycles. The average Bonchev–Trinajstić information content (AvgIpc) is 3.61. The van der Waals surface area contributed by atoms with E-state index >= 15 is 0 Å². The van der Waals surface area contributed by atoms with E-state index in [4.69, 9.17) is 54.6 Å². The number of aryl methyl sites for hydroxylation is 1. The molecule has 0 aliphatic carbocycles. The van der Waals surface area contributed by atoms with E-state index in [9.17, 15) is 0 Å². The predicted molar refractivity (Wildman–Crippen MR) is 217 cm³/mol. The van der Waals surface area contributed by atoms with Gasteiger partial charge in [0.15, 0.2) is 0 Å². The molecule has 51 heavy (non-hydrogen) atoms. The van der Waals surface area contributed by atoms with Gasteiger partial charge in [-0.05, 0) is 67.1 Å². The van der Waals surface area contributed by atoms with Gasteiger partial charge in [-0.1, -0.05) is 59.1 Å². The second-order valence-electron chi connectivity index (χ2n) is 10.3. The van der Waals surface area contributed by atoms with Gasteiger partial charge in [0, 0.05) is 62.2 Å². The van der Waals surface area contributed by atoms with Crippen molar-refractivity contribution in [2.75, 3.05) is 23.0 Å². The number of aliphatic imine (C=N–C) groups is 2. The number of benzene rings is 3. The molecule has 0 fully saturated rings. The molecule has 0 saturated heterocycles. The van der Waals surface area contributed by atoms with Crippen molar-refractivity contribution in [1.29, 1.82) is 0 Å². The first-order valence-electron chi connectivity index (χ1n) is 15.0. The van der Waals surface area contributed by atoms with Gasteiger partial charge in [-0.2, -0.15) is 0 Å². The van der Waals surface area contributed by atoms with Crippen LogP contribution in [-0.4, -0.2) is 26.7 Å². The smallest absolute Gasteiger partial charge is 0.135 e. The fourth-order valence-electron chi connectivity index (χ4n) is 3.85. The number of hydrogen-bond acceptors (Lipinski definition) is 13. The predicted octanol–water partition coefficient (Wildman–Crippen LogP) is 4.06. The lowest BCUT2D eigenvalue weighted by Crippen LogP contribution is -2.17. The van der Waals surface area contributed by atoms with Crippen LogP contribution in [0.3, 0.4) is 0 Å². The number of nitrogens with one attached hydrogen (secondary N) is 1. The number of nitrogen functional groups attached to an aromatic ring is 2. The van der Waals surface area contributed by atoms with E-state index in [1.165, 1.54) is 22.8 Å². The minimum absolute atomic E-state index is 0.215. The Kier molecular flexibility index (Phi) is 18.0. The number of allylic oxidation sites excluding steroid dienone is 2. The van der Waals surface area contributed by atoms with Crippen molar-refractivity contribution in [3.05, 3.63) is 159 Å². The molecule has 1 heterocycles. The van der Waals surface area contributed by atoms with Crippen LogP contribution < -0.4 is 51.2 Å². The van der Waals surface area contributed by atoms with Crippen molar-refractivity contribution in [1.82, 2.24) is 0 Å². The summed E-state index contributed by atoms with van der Waals surface area (Å²) in [7, 11) is 0. The third kappa shape index (κ3) is 16.1. The van der Waals surface area contributed by atoms with Crippen LogP contribution in [-0.2, 0) is 16.8 Å². The first-order valence-corrected chi connectivity index (χ1v) is 18.3. The van der Waals surface area contributed by atoms with E-state index in [0.29, 0.717) is 28.2 Å². The van der Waals surface area contributed by atoms with Crippen LogP contribution >= 0.6 is 23.1 Å². The maximum atomic E-state index is 9.00. The highest BCUT2D eigenvalue weighted by Crippen LogP contribution is 2.25. The number of hydrogen-bond donors (Lipinski definition) is 9. The Morgan fingerprint density at radius 1 is 0.804 bits per heavy atom. The highest BCUT2D eigenvalue weighted by Gasteiger charge is 2.05. The standard InChI is InChI=1S/C18H22N6.C16H19N5S2.CH4O2S/c1-12-6-8-13(9-7-12)23-14(11-19)10-17(21)24-18(22)15-4-2-3-5-16(15)20;17-9-12(23-10-11-4-3-7-22-11)8-15(19)21-16(20)13-5-1-2-6-14(13)18;1-4(2)3/h2-11,23H,19-21H2,1H3,(H2,22,24);1-9H,10,17-19H2,(H2,20,21);1H3,(H,2,3)/p-1/b14-11+,17-10+;12-9+,15-8+;. The number of rotatable bonds is 11. The molecule has 1 unspecified atom stereocenters. The normalized spacial score (nSPS) is 13.3. The molecule has 0 bridgehead atoms. The summed E-state index contributed by atoms with van der Waals surface area (Å²) in [5, 5.41) is 5.20. The zero-order valence-electron chi connectivity index (χ0n) is 28.2. The second-order valence-corrected chi connectivity index (χ2v) is 13.1. The van der Waals surface area contributed by atoms with Crippen molar-refractivity contribution in [2.24, 2.45) is 44.4 Å². The number of nitrogens with two attached hydrogens (primary N) is 8. The Hall–Kier alpha value is -5.68. The minimum Gasteiger partial charge on any atom is -0.773 e. The van der Waals surface area contributed by atoms with Crippen LogP contribution in [0.25, 0.3) is 0 Å². The molecule has 17 N–H and O–H groups in total. The quantitative estimate of drug-likeness (QED) is 0.0345. The molecule has 1 aromatic heterocycles. The summed E-state index contributed by atoms with van der Waals surface area (Å²) in [4.78, 5) is 10.4. The van der Waals surface area contributed by atoms with E-state index in [2.05, 4.69) is 21.4 Å². The number of thiophene rings is 1. The molecule has 1 atom stereocenters. The number of anilines is 3. The maximum Gasteiger partial charge on any atom is 0.135 e. The Labute approximate surface area is 309 Å². The fourth-order valence-corrected chi connectivity index (χ4v) is 5.49. The summed E-state index contributed by atoms with van der Waals surface area (Å²) in [5.41, 5.74) is 51.9. The monoisotopic (exact) mass is 746 g/mol. The zero-order valence-corrected chi connectivity index (χ0v) is 30.7. The highest BCUT2D eigenvalue weighted by molar-refractivity contribution is 8.02. The molecule has 0 aliphatic heterocycles. The SMILES string of the molecule is CS(=O)[O-].Cc1ccc(NC(/C=C(\N)N=C(N)c2ccccc2N)=C/N)cc1.N/C=C(\C=C(/N)N=C(N)c1ccccc1N)SCc1cccs1. The second kappa shape index (κ2) is 22.1. The summed E-state index contributed by atoms with van der Waals surface area (Å²) in [6.07, 6.45) is 7.30.